The van der Waals surface area contributed by atoms with Gasteiger partial charge in [0.15, 0.2) is 0 Å². The molecule has 1 aliphatic rings. The van der Waals surface area contributed by atoms with Crippen LogP contribution in [-0.2, 0) is 4.79 Å². The van der Waals surface area contributed by atoms with Gasteiger partial charge in [-0.05, 0) is 6.42 Å². The number of hydrogen-bond acceptors (Lipinski definition) is 2. The summed E-state index contributed by atoms with van der Waals surface area (Å²) in [5, 5.41) is 0.537. The number of allylic oxidation sites excluding steroid dienone is 5. The highest BCUT2D eigenvalue weighted by atomic mass is 35.5. The van der Waals surface area contributed by atoms with Crippen molar-refractivity contribution in [2.24, 2.45) is 0 Å². The fourth-order valence-corrected chi connectivity index (χ4v) is 2.70. The normalized spacial score (nSPS) is 17.5. The third kappa shape index (κ3) is 2.86. The monoisotopic (exact) mass is 240 g/mol. The Morgan fingerprint density at radius 1 is 1.60 bits per heavy atom. The van der Waals surface area contributed by atoms with E-state index in [2.05, 4.69) is 19.6 Å². The number of carbonyl (C=O) groups excluding carboxylic acids is 1. The van der Waals surface area contributed by atoms with Crippen LogP contribution in [0.5, 0.6) is 0 Å². The van der Waals surface area contributed by atoms with Gasteiger partial charge in [-0.1, -0.05) is 43.3 Å². The highest BCUT2D eigenvalue weighted by Gasteiger charge is 2.16. The maximum Gasteiger partial charge on any atom is 0.148 e. The molecule has 0 bridgehead atoms. The van der Waals surface area contributed by atoms with Gasteiger partial charge in [0.05, 0.1) is 5.03 Å². The van der Waals surface area contributed by atoms with E-state index in [-0.39, 0.29) is 0 Å². The van der Waals surface area contributed by atoms with E-state index in [9.17, 15) is 4.79 Å². The van der Waals surface area contributed by atoms with Crippen LogP contribution in [0.15, 0.2) is 45.9 Å². The standard InChI is InChI=1S/C12H13ClOS/c1-3-5-6-11-10(4-2)12(13)9(7-14)8-15-11/h4-7H,2-3,8H2,1H3/b6-5-. The zero-order chi connectivity index (χ0) is 11.3. The van der Waals surface area contributed by atoms with Crippen molar-refractivity contribution in [3.8, 4) is 0 Å². The number of rotatable bonds is 4. The van der Waals surface area contributed by atoms with E-state index < -0.39 is 0 Å². The van der Waals surface area contributed by atoms with E-state index in [1.165, 1.54) is 0 Å². The third-order valence-corrected chi connectivity index (χ3v) is 3.59. The van der Waals surface area contributed by atoms with Gasteiger partial charge in [0.25, 0.3) is 0 Å². The van der Waals surface area contributed by atoms with Crippen molar-refractivity contribution >= 4 is 29.6 Å². The third-order valence-electron chi connectivity index (χ3n) is 2.02. The zero-order valence-corrected chi connectivity index (χ0v) is 10.2. The largest absolute Gasteiger partial charge is 0.298 e. The number of hydrogen-bond donors (Lipinski definition) is 0. The highest BCUT2D eigenvalue weighted by molar-refractivity contribution is 8.03. The first kappa shape index (κ1) is 12.3. The topological polar surface area (TPSA) is 17.1 Å². The van der Waals surface area contributed by atoms with Crippen molar-refractivity contribution in [1.29, 1.82) is 0 Å². The molecule has 0 aromatic heterocycles. The Balaban J connectivity index is 3.13. The predicted octanol–water partition coefficient (Wildman–Crippen LogP) is 3.83. The number of carbonyl (C=O) groups is 1. The Morgan fingerprint density at radius 3 is 2.87 bits per heavy atom. The Hall–Kier alpha value is -0.730. The highest BCUT2D eigenvalue weighted by Crippen LogP contribution is 2.36. The van der Waals surface area contributed by atoms with Gasteiger partial charge < -0.3 is 0 Å². The van der Waals surface area contributed by atoms with Crippen LogP contribution < -0.4 is 0 Å². The summed E-state index contributed by atoms with van der Waals surface area (Å²) in [6.45, 7) is 5.80. The molecule has 15 heavy (non-hydrogen) atoms. The summed E-state index contributed by atoms with van der Waals surface area (Å²) in [5.41, 5.74) is 1.50. The van der Waals surface area contributed by atoms with Crippen molar-refractivity contribution in [3.05, 3.63) is 45.9 Å². The summed E-state index contributed by atoms with van der Waals surface area (Å²) in [5.74, 6) is 0.642. The quantitative estimate of drug-likeness (QED) is 0.695. The van der Waals surface area contributed by atoms with Gasteiger partial charge >= 0.3 is 0 Å². The summed E-state index contributed by atoms with van der Waals surface area (Å²) in [6.07, 6.45) is 7.61. The van der Waals surface area contributed by atoms with Crippen molar-refractivity contribution in [2.75, 3.05) is 5.75 Å². The molecule has 0 aromatic carbocycles. The number of aldehydes is 1. The maximum atomic E-state index is 10.7. The number of halogens is 1. The van der Waals surface area contributed by atoms with E-state index in [1.807, 2.05) is 6.08 Å². The summed E-state index contributed by atoms with van der Waals surface area (Å²) >= 11 is 7.71. The Bertz CT molecular complexity index is 364. The van der Waals surface area contributed by atoms with Crippen LogP contribution in [0.3, 0.4) is 0 Å². The first-order valence-electron chi connectivity index (χ1n) is 4.74. The molecule has 80 valence electrons. The molecule has 1 rings (SSSR count). The minimum absolute atomic E-state index is 0.537. The molecule has 0 saturated heterocycles. The van der Waals surface area contributed by atoms with Gasteiger partial charge in [-0.3, -0.25) is 4.79 Å². The van der Waals surface area contributed by atoms with Crippen molar-refractivity contribution in [2.45, 2.75) is 13.3 Å². The van der Waals surface area contributed by atoms with Crippen molar-refractivity contribution < 1.29 is 4.79 Å². The Morgan fingerprint density at radius 2 is 2.33 bits per heavy atom. The molecule has 0 unspecified atom stereocenters. The summed E-state index contributed by atoms with van der Waals surface area (Å²) in [4.78, 5) is 11.8. The zero-order valence-electron chi connectivity index (χ0n) is 8.63. The maximum absolute atomic E-state index is 10.7. The van der Waals surface area contributed by atoms with E-state index in [0.717, 1.165) is 23.2 Å². The average Bonchev–Trinajstić information content (AvgIpc) is 2.26. The van der Waals surface area contributed by atoms with Gasteiger partial charge in [-0.2, -0.15) is 0 Å². The van der Waals surface area contributed by atoms with Gasteiger partial charge in [0.2, 0.25) is 0 Å². The second-order valence-corrected chi connectivity index (χ2v) is 4.43. The van der Waals surface area contributed by atoms with Gasteiger partial charge in [-0.15, -0.1) is 11.8 Å². The van der Waals surface area contributed by atoms with E-state index in [1.54, 1.807) is 17.8 Å². The molecule has 1 nitrogen and oxygen atoms in total. The molecule has 1 aliphatic heterocycles. The van der Waals surface area contributed by atoms with E-state index in [4.69, 9.17) is 11.6 Å². The molecule has 0 radical (unpaired) electrons. The molecule has 0 spiro atoms. The SMILES string of the molecule is C=CC1=C(/C=C\CC)SCC(C=O)=C1Cl. The van der Waals surface area contributed by atoms with Crippen LogP contribution in [0.25, 0.3) is 0 Å². The summed E-state index contributed by atoms with van der Waals surface area (Å²) in [6, 6.07) is 0. The van der Waals surface area contributed by atoms with Crippen molar-refractivity contribution in [3.63, 3.8) is 0 Å². The number of thioether (sulfide) groups is 1. The molecular weight excluding hydrogens is 228 g/mol. The molecule has 0 fully saturated rings. The molecular formula is C12H13ClOS. The fraction of sp³-hybridized carbons (Fsp3) is 0.250. The minimum atomic E-state index is 0.537. The van der Waals surface area contributed by atoms with E-state index in [0.29, 0.717) is 16.4 Å². The van der Waals surface area contributed by atoms with Crippen LogP contribution in [0, 0.1) is 0 Å². The van der Waals surface area contributed by atoms with Crippen LogP contribution in [0.1, 0.15) is 13.3 Å². The van der Waals surface area contributed by atoms with Crippen LogP contribution >= 0.6 is 23.4 Å². The van der Waals surface area contributed by atoms with Gasteiger partial charge in [0, 0.05) is 21.8 Å². The van der Waals surface area contributed by atoms with Gasteiger partial charge in [0.1, 0.15) is 6.29 Å². The lowest BCUT2D eigenvalue weighted by molar-refractivity contribution is -0.104. The minimum Gasteiger partial charge on any atom is -0.298 e. The Kier molecular flexibility index (Phi) is 4.92. The molecule has 1 heterocycles. The first-order chi connectivity index (χ1) is 7.24. The first-order valence-corrected chi connectivity index (χ1v) is 6.11. The van der Waals surface area contributed by atoms with Crippen LogP contribution in [0.4, 0.5) is 0 Å². The molecule has 0 aliphatic carbocycles. The van der Waals surface area contributed by atoms with Crippen LogP contribution in [0.2, 0.25) is 0 Å². The molecule has 0 amide bonds. The lowest BCUT2D eigenvalue weighted by Gasteiger charge is -2.16. The lowest BCUT2D eigenvalue weighted by Crippen LogP contribution is -2.01. The molecule has 0 atom stereocenters. The van der Waals surface area contributed by atoms with Crippen LogP contribution in [-0.4, -0.2) is 12.0 Å². The second-order valence-electron chi connectivity index (χ2n) is 3.04. The summed E-state index contributed by atoms with van der Waals surface area (Å²) < 4.78 is 0. The smallest absolute Gasteiger partial charge is 0.148 e. The molecule has 0 N–H and O–H groups in total. The molecule has 3 heteroatoms. The lowest BCUT2D eigenvalue weighted by atomic mass is 10.1. The second kappa shape index (κ2) is 5.99. The average molecular weight is 241 g/mol. The molecule has 0 saturated carbocycles. The van der Waals surface area contributed by atoms with Gasteiger partial charge in [-0.25, -0.2) is 0 Å². The molecule has 0 aromatic rings. The summed E-state index contributed by atoms with van der Waals surface area (Å²) in [7, 11) is 0. The van der Waals surface area contributed by atoms with Crippen molar-refractivity contribution in [1.82, 2.24) is 0 Å². The predicted molar refractivity (Wildman–Crippen MR) is 68.1 cm³/mol. The Labute approximate surface area is 99.6 Å². The van der Waals surface area contributed by atoms with E-state index >= 15 is 0 Å². The fourth-order valence-electron chi connectivity index (χ4n) is 1.22.